The molecule has 0 amide bonds. The summed E-state index contributed by atoms with van der Waals surface area (Å²) in [5, 5.41) is 6.13. The molecule has 1 aromatic carbocycles. The predicted octanol–water partition coefficient (Wildman–Crippen LogP) is 2.98. The zero-order valence-electron chi connectivity index (χ0n) is 11.5. The number of rotatable bonds is 6. The number of benzene rings is 1. The van der Waals surface area contributed by atoms with Crippen LogP contribution in [0.25, 0.3) is 0 Å². The normalized spacial score (nSPS) is 9.65. The summed E-state index contributed by atoms with van der Waals surface area (Å²) < 4.78 is 29.0. The topological polar surface area (TPSA) is 45.7 Å². The molecule has 1 rings (SSSR count). The van der Waals surface area contributed by atoms with Gasteiger partial charge in [-0.2, -0.15) is 8.78 Å². The first kappa shape index (κ1) is 18.9. The Morgan fingerprint density at radius 1 is 1.20 bits per heavy atom. The summed E-state index contributed by atoms with van der Waals surface area (Å²) in [6.45, 7) is 2.84. The Kier molecular flexibility index (Phi) is 10.0. The molecule has 0 bridgehead atoms. The van der Waals surface area contributed by atoms with E-state index in [4.69, 9.17) is 0 Å². The summed E-state index contributed by atoms with van der Waals surface area (Å²) in [5.74, 6) is 0.811. The van der Waals surface area contributed by atoms with Crippen LogP contribution in [0.3, 0.4) is 0 Å². The highest BCUT2D eigenvalue weighted by Crippen LogP contribution is 2.20. The van der Waals surface area contributed by atoms with Crippen molar-refractivity contribution in [3.8, 4) is 5.75 Å². The molecule has 0 heterocycles. The fourth-order valence-corrected chi connectivity index (χ4v) is 1.52. The minimum Gasteiger partial charge on any atom is -0.434 e. The second kappa shape index (κ2) is 10.6. The second-order valence-electron chi connectivity index (χ2n) is 3.71. The molecule has 114 valence electrons. The second-order valence-corrected chi connectivity index (χ2v) is 3.71. The third kappa shape index (κ3) is 6.88. The van der Waals surface area contributed by atoms with Gasteiger partial charge in [-0.3, -0.25) is 0 Å². The summed E-state index contributed by atoms with van der Waals surface area (Å²) in [6, 6.07) is 6.65. The van der Waals surface area contributed by atoms with Gasteiger partial charge in [-0.1, -0.05) is 18.2 Å². The van der Waals surface area contributed by atoms with Crippen LogP contribution in [0.4, 0.5) is 8.78 Å². The summed E-state index contributed by atoms with van der Waals surface area (Å²) >= 11 is 0. The van der Waals surface area contributed by atoms with Crippen LogP contribution >= 0.6 is 24.0 Å². The first-order valence-corrected chi connectivity index (χ1v) is 6.22. The van der Waals surface area contributed by atoms with E-state index < -0.39 is 6.61 Å². The number of halogens is 3. The number of guanidine groups is 1. The van der Waals surface area contributed by atoms with E-state index >= 15 is 0 Å². The number of nitrogens with one attached hydrogen (secondary N) is 2. The Bertz CT molecular complexity index is 408. The van der Waals surface area contributed by atoms with Crippen molar-refractivity contribution in [2.24, 2.45) is 4.99 Å². The molecular formula is C13H20F2IN3O. The van der Waals surface area contributed by atoms with E-state index in [1.54, 1.807) is 18.2 Å². The smallest absolute Gasteiger partial charge is 0.387 e. The van der Waals surface area contributed by atoms with E-state index in [1.165, 1.54) is 6.07 Å². The molecule has 0 aliphatic heterocycles. The van der Waals surface area contributed by atoms with Gasteiger partial charge in [0.2, 0.25) is 0 Å². The van der Waals surface area contributed by atoms with Crippen molar-refractivity contribution in [2.75, 3.05) is 13.1 Å². The number of aliphatic imine (C=N–C) groups is 1. The Morgan fingerprint density at radius 3 is 2.35 bits per heavy atom. The van der Waals surface area contributed by atoms with Crippen LogP contribution in [0.5, 0.6) is 5.75 Å². The maximum Gasteiger partial charge on any atom is 0.387 e. The lowest BCUT2D eigenvalue weighted by molar-refractivity contribution is -0.0504. The molecule has 0 aliphatic carbocycles. The van der Waals surface area contributed by atoms with Gasteiger partial charge in [-0.25, -0.2) is 4.99 Å². The van der Waals surface area contributed by atoms with Crippen molar-refractivity contribution in [3.05, 3.63) is 29.8 Å². The van der Waals surface area contributed by atoms with Crippen LogP contribution < -0.4 is 15.4 Å². The maximum atomic E-state index is 12.3. The molecule has 2 N–H and O–H groups in total. The maximum absolute atomic E-state index is 12.3. The summed E-state index contributed by atoms with van der Waals surface area (Å²) in [4.78, 5) is 4.31. The summed E-state index contributed by atoms with van der Waals surface area (Å²) in [5.41, 5.74) is 0.621. The van der Waals surface area contributed by atoms with E-state index in [0.717, 1.165) is 13.1 Å². The number of ether oxygens (including phenoxy) is 1. The van der Waals surface area contributed by atoms with Gasteiger partial charge in [0, 0.05) is 18.7 Å². The Hall–Kier alpha value is -1.12. The average Bonchev–Trinajstić information content (AvgIpc) is 2.37. The zero-order chi connectivity index (χ0) is 14.1. The highest BCUT2D eigenvalue weighted by molar-refractivity contribution is 14.0. The highest BCUT2D eigenvalue weighted by atomic mass is 127. The van der Waals surface area contributed by atoms with Crippen molar-refractivity contribution in [2.45, 2.75) is 27.0 Å². The molecule has 1 aromatic rings. The van der Waals surface area contributed by atoms with Gasteiger partial charge >= 0.3 is 6.61 Å². The van der Waals surface area contributed by atoms with E-state index in [2.05, 4.69) is 20.4 Å². The Labute approximate surface area is 135 Å². The van der Waals surface area contributed by atoms with Crippen LogP contribution in [0.2, 0.25) is 0 Å². The number of hydrogen-bond donors (Lipinski definition) is 2. The molecule has 0 saturated carbocycles. The molecule has 0 radical (unpaired) electrons. The van der Waals surface area contributed by atoms with E-state index in [0.29, 0.717) is 11.5 Å². The fourth-order valence-electron chi connectivity index (χ4n) is 1.52. The molecule has 4 nitrogen and oxygen atoms in total. The van der Waals surface area contributed by atoms with E-state index in [-0.39, 0.29) is 36.3 Å². The predicted molar refractivity (Wildman–Crippen MR) is 87.0 cm³/mol. The largest absolute Gasteiger partial charge is 0.434 e. The average molecular weight is 399 g/mol. The van der Waals surface area contributed by atoms with Crippen molar-refractivity contribution >= 4 is 29.9 Å². The summed E-state index contributed by atoms with van der Waals surface area (Å²) in [6.07, 6.45) is 0. The van der Waals surface area contributed by atoms with Gasteiger partial charge in [0.1, 0.15) is 5.75 Å². The lowest BCUT2D eigenvalue weighted by Crippen LogP contribution is -2.36. The molecule has 0 spiro atoms. The quantitative estimate of drug-likeness (QED) is 0.439. The number of alkyl halides is 2. The van der Waals surface area contributed by atoms with E-state index in [9.17, 15) is 8.78 Å². The van der Waals surface area contributed by atoms with Crippen molar-refractivity contribution in [1.82, 2.24) is 10.6 Å². The molecule has 0 unspecified atom stereocenters. The van der Waals surface area contributed by atoms with Gasteiger partial charge < -0.3 is 15.4 Å². The monoisotopic (exact) mass is 399 g/mol. The minimum atomic E-state index is -2.83. The van der Waals surface area contributed by atoms with Crippen molar-refractivity contribution < 1.29 is 13.5 Å². The Balaban J connectivity index is 0.00000361. The van der Waals surface area contributed by atoms with Crippen LogP contribution in [-0.2, 0) is 6.54 Å². The van der Waals surface area contributed by atoms with Crippen molar-refractivity contribution in [1.29, 1.82) is 0 Å². The van der Waals surface area contributed by atoms with Gasteiger partial charge in [0.05, 0.1) is 6.54 Å². The molecule has 0 atom stereocenters. The first-order valence-electron chi connectivity index (χ1n) is 6.22. The SMILES string of the molecule is CCNC(=NCc1ccccc1OC(F)F)NCC.I. The van der Waals surface area contributed by atoms with Gasteiger partial charge in [-0.05, 0) is 19.9 Å². The van der Waals surface area contributed by atoms with Gasteiger partial charge in [0.15, 0.2) is 5.96 Å². The molecule has 0 saturated heterocycles. The van der Waals surface area contributed by atoms with Crippen LogP contribution in [0, 0.1) is 0 Å². The lowest BCUT2D eigenvalue weighted by Gasteiger charge is -2.11. The lowest BCUT2D eigenvalue weighted by atomic mass is 10.2. The number of nitrogens with zero attached hydrogens (tertiary/aromatic N) is 1. The number of para-hydroxylation sites is 1. The fraction of sp³-hybridized carbons (Fsp3) is 0.462. The molecule has 0 aromatic heterocycles. The van der Waals surface area contributed by atoms with E-state index in [1.807, 2.05) is 13.8 Å². The molecule has 7 heteroatoms. The minimum absolute atomic E-state index is 0. The highest BCUT2D eigenvalue weighted by Gasteiger charge is 2.08. The molecule has 0 fully saturated rings. The molecular weight excluding hydrogens is 379 g/mol. The molecule has 20 heavy (non-hydrogen) atoms. The van der Waals surface area contributed by atoms with Crippen LogP contribution in [0.1, 0.15) is 19.4 Å². The zero-order valence-corrected chi connectivity index (χ0v) is 13.9. The standard InChI is InChI=1S/C13H19F2N3O.HI/c1-3-16-13(17-4-2)18-9-10-7-5-6-8-11(10)19-12(14)15;/h5-8,12H,3-4,9H2,1-2H3,(H2,16,17,18);1H. The summed E-state index contributed by atoms with van der Waals surface area (Å²) in [7, 11) is 0. The van der Waals surface area contributed by atoms with Crippen LogP contribution in [-0.4, -0.2) is 25.7 Å². The number of hydrogen-bond acceptors (Lipinski definition) is 2. The first-order chi connectivity index (χ1) is 9.17. The van der Waals surface area contributed by atoms with Gasteiger partial charge in [0.25, 0.3) is 0 Å². The van der Waals surface area contributed by atoms with Crippen LogP contribution in [0.15, 0.2) is 29.3 Å². The van der Waals surface area contributed by atoms with Gasteiger partial charge in [-0.15, -0.1) is 24.0 Å². The molecule has 0 aliphatic rings. The third-order valence-electron chi connectivity index (χ3n) is 2.28. The van der Waals surface area contributed by atoms with Crippen molar-refractivity contribution in [3.63, 3.8) is 0 Å². The Morgan fingerprint density at radius 2 is 1.80 bits per heavy atom. The third-order valence-corrected chi connectivity index (χ3v) is 2.28.